The molecule has 0 aliphatic carbocycles. The molecular weight excluding hydrogens is 496 g/mol. The number of phenolic OH excluding ortho intramolecular Hbond substituents is 1. The van der Waals surface area contributed by atoms with Crippen LogP contribution in [-0.4, -0.2) is 17.5 Å². The first-order valence-corrected chi connectivity index (χ1v) is 14.6. The van der Waals surface area contributed by atoms with Gasteiger partial charge in [0.2, 0.25) is 0 Å². The number of benzene rings is 3. The highest BCUT2D eigenvalue weighted by Crippen LogP contribution is 2.25. The summed E-state index contributed by atoms with van der Waals surface area (Å²) in [6.45, 7) is 3.87. The van der Waals surface area contributed by atoms with E-state index in [1.54, 1.807) is 18.2 Å². The highest BCUT2D eigenvalue weighted by molar-refractivity contribution is 6.07. The topological polar surface area (TPSA) is 55.8 Å². The first kappa shape index (κ1) is 30.9. The van der Waals surface area contributed by atoms with Crippen molar-refractivity contribution in [3.63, 3.8) is 0 Å². The Labute approximate surface area is 240 Å². The van der Waals surface area contributed by atoms with Crippen LogP contribution in [0.3, 0.4) is 0 Å². The van der Waals surface area contributed by atoms with E-state index in [2.05, 4.69) is 30.3 Å². The predicted molar refractivity (Wildman–Crippen MR) is 164 cm³/mol. The summed E-state index contributed by atoms with van der Waals surface area (Å²) in [4.78, 5) is 12.8. The maximum Gasteiger partial charge on any atom is 0.189 e. The monoisotopic (exact) mass is 540 g/mol. The molecule has 0 saturated heterocycles. The van der Waals surface area contributed by atoms with Gasteiger partial charge in [-0.2, -0.15) is 0 Å². The molecule has 0 aromatic heterocycles. The van der Waals surface area contributed by atoms with Gasteiger partial charge in [0.15, 0.2) is 5.78 Å². The van der Waals surface area contributed by atoms with Gasteiger partial charge in [-0.15, -0.1) is 0 Å². The van der Waals surface area contributed by atoms with Crippen molar-refractivity contribution in [2.24, 2.45) is 0 Å². The van der Waals surface area contributed by atoms with E-state index in [-0.39, 0.29) is 17.1 Å². The van der Waals surface area contributed by atoms with Crippen molar-refractivity contribution in [2.45, 2.75) is 77.9 Å². The fourth-order valence-corrected chi connectivity index (χ4v) is 4.44. The molecule has 0 amide bonds. The van der Waals surface area contributed by atoms with Gasteiger partial charge in [0.05, 0.1) is 12.2 Å². The molecule has 0 spiro atoms. The SMILES string of the molecule is CC(/C=C/CCCCCCCCCCOCc1ccccc1)=C\C(=O)c1cc(OCc2ccccc2)ccc1O. The molecule has 0 radical (unpaired) electrons. The molecule has 0 bridgehead atoms. The zero-order chi connectivity index (χ0) is 28.3. The molecule has 4 heteroatoms. The Bertz CT molecular complexity index is 1180. The number of rotatable bonds is 19. The van der Waals surface area contributed by atoms with E-state index in [4.69, 9.17) is 9.47 Å². The molecule has 0 unspecified atom stereocenters. The van der Waals surface area contributed by atoms with Gasteiger partial charge in [-0.1, -0.05) is 111 Å². The minimum Gasteiger partial charge on any atom is -0.507 e. The molecule has 3 rings (SSSR count). The fourth-order valence-electron chi connectivity index (χ4n) is 4.44. The quantitative estimate of drug-likeness (QED) is 0.0712. The Hall–Kier alpha value is -3.63. The van der Waals surface area contributed by atoms with Crippen LogP contribution in [0, 0.1) is 0 Å². The number of ketones is 1. The van der Waals surface area contributed by atoms with Gasteiger partial charge in [-0.3, -0.25) is 4.79 Å². The molecule has 0 atom stereocenters. The van der Waals surface area contributed by atoms with Gasteiger partial charge in [0, 0.05) is 6.61 Å². The molecule has 0 aliphatic heterocycles. The lowest BCUT2D eigenvalue weighted by molar-refractivity contribution is 0.104. The third kappa shape index (κ3) is 12.5. The third-order valence-electron chi connectivity index (χ3n) is 6.74. The Kier molecular flexibility index (Phi) is 14.4. The number of phenols is 1. The summed E-state index contributed by atoms with van der Waals surface area (Å²) < 4.78 is 11.6. The zero-order valence-corrected chi connectivity index (χ0v) is 23.9. The second-order valence-electron chi connectivity index (χ2n) is 10.3. The molecule has 0 heterocycles. The second kappa shape index (κ2) is 18.6. The van der Waals surface area contributed by atoms with Gasteiger partial charge in [0.25, 0.3) is 0 Å². The van der Waals surface area contributed by atoms with Crippen LogP contribution in [0.1, 0.15) is 86.2 Å². The lowest BCUT2D eigenvalue weighted by Gasteiger charge is -2.08. The van der Waals surface area contributed by atoms with Crippen LogP contribution in [0.15, 0.2) is 103 Å². The van der Waals surface area contributed by atoms with Crippen molar-refractivity contribution in [3.05, 3.63) is 119 Å². The van der Waals surface area contributed by atoms with Crippen LogP contribution in [0.25, 0.3) is 0 Å². The summed E-state index contributed by atoms with van der Waals surface area (Å²) in [5.74, 6) is 0.286. The summed E-state index contributed by atoms with van der Waals surface area (Å²) in [5, 5.41) is 10.2. The average Bonchev–Trinajstić information content (AvgIpc) is 2.98. The number of ether oxygens (including phenoxy) is 2. The van der Waals surface area contributed by atoms with Crippen LogP contribution in [0.4, 0.5) is 0 Å². The Morgan fingerprint density at radius 1 is 0.750 bits per heavy atom. The van der Waals surface area contributed by atoms with Gasteiger partial charge >= 0.3 is 0 Å². The molecule has 0 saturated carbocycles. The molecular formula is C36H44O4. The fraction of sp³-hybridized carbons (Fsp3) is 0.361. The average molecular weight is 541 g/mol. The Balaban J connectivity index is 1.23. The summed E-state index contributed by atoms with van der Waals surface area (Å²) >= 11 is 0. The number of carbonyl (C=O) groups is 1. The predicted octanol–water partition coefficient (Wildman–Crippen LogP) is 9.38. The molecule has 3 aromatic rings. The molecule has 1 N–H and O–H groups in total. The number of hydrogen-bond acceptors (Lipinski definition) is 4. The summed E-state index contributed by atoms with van der Waals surface area (Å²) in [7, 11) is 0. The Morgan fingerprint density at radius 2 is 1.35 bits per heavy atom. The van der Waals surface area contributed by atoms with Crippen LogP contribution in [0.5, 0.6) is 11.5 Å². The maximum absolute atomic E-state index is 12.8. The van der Waals surface area contributed by atoms with Gasteiger partial charge in [-0.05, 0) is 67.2 Å². The maximum atomic E-state index is 12.8. The van der Waals surface area contributed by atoms with Crippen molar-refractivity contribution < 1.29 is 19.4 Å². The molecule has 40 heavy (non-hydrogen) atoms. The minimum atomic E-state index is -0.229. The van der Waals surface area contributed by atoms with Crippen LogP contribution >= 0.6 is 0 Å². The first-order valence-electron chi connectivity index (χ1n) is 14.6. The third-order valence-corrected chi connectivity index (χ3v) is 6.74. The smallest absolute Gasteiger partial charge is 0.189 e. The standard InChI is InChI=1S/C36H44O4/c1-30(26-36(38)34-27-33(23-24-35(34)37)40-29-32-21-15-11-16-22-32)18-12-8-6-4-2-3-5-7-9-17-25-39-28-31-19-13-10-14-20-31/h10-16,18-24,26-27,37H,2-9,17,25,28-29H2,1H3/b18-12+,30-26+. The van der Waals surface area contributed by atoms with E-state index in [1.165, 1.54) is 50.2 Å². The van der Waals surface area contributed by atoms with Crippen LogP contribution in [0.2, 0.25) is 0 Å². The highest BCUT2D eigenvalue weighted by atomic mass is 16.5. The highest BCUT2D eigenvalue weighted by Gasteiger charge is 2.11. The van der Waals surface area contributed by atoms with E-state index in [0.717, 1.165) is 37.0 Å². The summed E-state index contributed by atoms with van der Waals surface area (Å²) in [5.41, 5.74) is 3.40. The second-order valence-corrected chi connectivity index (χ2v) is 10.3. The summed E-state index contributed by atoms with van der Waals surface area (Å²) in [6.07, 6.45) is 16.6. The molecule has 0 aliphatic rings. The number of hydrogen-bond donors (Lipinski definition) is 1. The van der Waals surface area contributed by atoms with Gasteiger partial charge < -0.3 is 14.6 Å². The van der Waals surface area contributed by atoms with Crippen molar-refractivity contribution in [1.82, 2.24) is 0 Å². The van der Waals surface area contributed by atoms with Crippen LogP contribution in [-0.2, 0) is 18.0 Å². The molecule has 4 nitrogen and oxygen atoms in total. The van der Waals surface area contributed by atoms with Crippen LogP contribution < -0.4 is 4.74 Å². The molecule has 0 fully saturated rings. The van der Waals surface area contributed by atoms with Crippen molar-refractivity contribution in [2.75, 3.05) is 6.61 Å². The van der Waals surface area contributed by atoms with E-state index >= 15 is 0 Å². The van der Waals surface area contributed by atoms with E-state index in [9.17, 15) is 9.90 Å². The van der Waals surface area contributed by atoms with E-state index in [0.29, 0.717) is 19.0 Å². The number of unbranched alkanes of at least 4 members (excludes halogenated alkanes) is 8. The van der Waals surface area contributed by atoms with Gasteiger partial charge in [0.1, 0.15) is 18.1 Å². The zero-order valence-electron chi connectivity index (χ0n) is 23.9. The minimum absolute atomic E-state index is 0.0403. The van der Waals surface area contributed by atoms with E-state index < -0.39 is 0 Å². The molecule has 3 aromatic carbocycles. The molecule has 212 valence electrons. The number of carbonyl (C=O) groups excluding carboxylic acids is 1. The lowest BCUT2D eigenvalue weighted by atomic mass is 10.1. The Morgan fingerprint density at radius 3 is 2.02 bits per heavy atom. The normalized spacial score (nSPS) is 11.7. The summed E-state index contributed by atoms with van der Waals surface area (Å²) in [6, 6.07) is 25.0. The van der Waals surface area contributed by atoms with Crippen molar-refractivity contribution in [3.8, 4) is 11.5 Å². The lowest BCUT2D eigenvalue weighted by Crippen LogP contribution is -1.99. The van der Waals surface area contributed by atoms with Crippen molar-refractivity contribution in [1.29, 1.82) is 0 Å². The largest absolute Gasteiger partial charge is 0.507 e. The number of allylic oxidation sites excluding steroid dienone is 4. The van der Waals surface area contributed by atoms with Gasteiger partial charge in [-0.25, -0.2) is 0 Å². The number of aromatic hydroxyl groups is 1. The first-order chi connectivity index (χ1) is 19.6. The van der Waals surface area contributed by atoms with E-state index in [1.807, 2.05) is 49.4 Å². The van der Waals surface area contributed by atoms with Crippen molar-refractivity contribution >= 4 is 5.78 Å².